The standard InChI is InChI=1S/C18H13F3N4O2/c1-11-9-14(23-10-22-11)17(26)24-12-5-7-13(8-6-12)27-16-4-2-3-15(25-16)18(19,20)21/h2-10H,1H3,(H,24,26). The van der Waals surface area contributed by atoms with Crippen LogP contribution in [0.1, 0.15) is 21.9 Å². The predicted molar refractivity (Wildman–Crippen MR) is 90.5 cm³/mol. The molecule has 6 nitrogen and oxygen atoms in total. The van der Waals surface area contributed by atoms with Crippen LogP contribution in [0.5, 0.6) is 11.6 Å². The molecule has 1 aromatic carbocycles. The number of benzene rings is 1. The fourth-order valence-corrected chi connectivity index (χ4v) is 2.13. The predicted octanol–water partition coefficient (Wildman–Crippen LogP) is 4.24. The Balaban J connectivity index is 1.68. The van der Waals surface area contributed by atoms with Crippen molar-refractivity contribution in [1.29, 1.82) is 0 Å². The summed E-state index contributed by atoms with van der Waals surface area (Å²) in [6, 6.07) is 11.0. The maximum atomic E-state index is 12.7. The van der Waals surface area contributed by atoms with Gasteiger partial charge in [0, 0.05) is 17.4 Å². The quantitative estimate of drug-likeness (QED) is 0.739. The van der Waals surface area contributed by atoms with Gasteiger partial charge in [0.2, 0.25) is 5.88 Å². The molecular formula is C18H13F3N4O2. The molecule has 3 aromatic rings. The molecule has 2 aromatic heterocycles. The van der Waals surface area contributed by atoms with Crippen molar-refractivity contribution in [3.63, 3.8) is 0 Å². The molecule has 0 radical (unpaired) electrons. The molecule has 2 heterocycles. The van der Waals surface area contributed by atoms with Crippen LogP contribution in [-0.2, 0) is 6.18 Å². The largest absolute Gasteiger partial charge is 0.439 e. The van der Waals surface area contributed by atoms with Crippen LogP contribution in [0, 0.1) is 6.92 Å². The van der Waals surface area contributed by atoms with Crippen molar-refractivity contribution in [2.24, 2.45) is 0 Å². The Morgan fingerprint density at radius 3 is 2.48 bits per heavy atom. The number of anilines is 1. The number of nitrogens with one attached hydrogen (secondary N) is 1. The van der Waals surface area contributed by atoms with E-state index in [1.165, 1.54) is 30.6 Å². The number of pyridine rings is 1. The first-order valence-corrected chi connectivity index (χ1v) is 7.73. The molecule has 1 N–H and O–H groups in total. The van der Waals surface area contributed by atoms with Gasteiger partial charge in [-0.2, -0.15) is 13.2 Å². The Hall–Kier alpha value is -3.49. The van der Waals surface area contributed by atoms with E-state index in [2.05, 4.69) is 20.3 Å². The lowest BCUT2D eigenvalue weighted by Crippen LogP contribution is -2.14. The number of carbonyl (C=O) groups is 1. The lowest BCUT2D eigenvalue weighted by molar-refractivity contribution is -0.141. The number of alkyl halides is 3. The van der Waals surface area contributed by atoms with Crippen molar-refractivity contribution in [1.82, 2.24) is 15.0 Å². The summed E-state index contributed by atoms with van der Waals surface area (Å²) in [7, 11) is 0. The van der Waals surface area contributed by atoms with Crippen LogP contribution < -0.4 is 10.1 Å². The van der Waals surface area contributed by atoms with E-state index in [9.17, 15) is 18.0 Å². The number of hydrogen-bond donors (Lipinski definition) is 1. The number of ether oxygens (including phenoxy) is 1. The van der Waals surface area contributed by atoms with Gasteiger partial charge in [0.15, 0.2) is 0 Å². The Bertz CT molecular complexity index is 959. The Kier molecular flexibility index (Phi) is 5.02. The molecule has 0 atom stereocenters. The first-order chi connectivity index (χ1) is 12.8. The summed E-state index contributed by atoms with van der Waals surface area (Å²) in [5, 5.41) is 2.66. The minimum Gasteiger partial charge on any atom is -0.439 e. The van der Waals surface area contributed by atoms with E-state index in [1.807, 2.05) is 0 Å². The van der Waals surface area contributed by atoms with Crippen molar-refractivity contribution < 1.29 is 22.7 Å². The monoisotopic (exact) mass is 374 g/mol. The topological polar surface area (TPSA) is 77.0 Å². The molecule has 27 heavy (non-hydrogen) atoms. The number of aromatic nitrogens is 3. The van der Waals surface area contributed by atoms with Gasteiger partial charge in [0.05, 0.1) is 0 Å². The third-order valence-electron chi connectivity index (χ3n) is 3.39. The zero-order valence-corrected chi connectivity index (χ0v) is 14.0. The van der Waals surface area contributed by atoms with Gasteiger partial charge in [0.25, 0.3) is 5.91 Å². The number of hydrogen-bond acceptors (Lipinski definition) is 5. The lowest BCUT2D eigenvalue weighted by atomic mass is 10.2. The first-order valence-electron chi connectivity index (χ1n) is 7.73. The minimum atomic E-state index is -4.55. The van der Waals surface area contributed by atoms with E-state index in [1.54, 1.807) is 25.1 Å². The molecule has 0 saturated heterocycles. The summed E-state index contributed by atoms with van der Waals surface area (Å²) < 4.78 is 43.4. The average molecular weight is 374 g/mol. The molecule has 0 aliphatic heterocycles. The summed E-state index contributed by atoms with van der Waals surface area (Å²) in [6.45, 7) is 1.74. The summed E-state index contributed by atoms with van der Waals surface area (Å²) >= 11 is 0. The van der Waals surface area contributed by atoms with Crippen molar-refractivity contribution in [3.05, 3.63) is 71.9 Å². The zero-order chi connectivity index (χ0) is 19.4. The van der Waals surface area contributed by atoms with E-state index < -0.39 is 17.8 Å². The van der Waals surface area contributed by atoms with Gasteiger partial charge in [-0.25, -0.2) is 15.0 Å². The maximum absolute atomic E-state index is 12.7. The number of rotatable bonds is 4. The normalized spacial score (nSPS) is 11.1. The molecule has 3 rings (SSSR count). The third-order valence-corrected chi connectivity index (χ3v) is 3.39. The Morgan fingerprint density at radius 1 is 1.07 bits per heavy atom. The van der Waals surface area contributed by atoms with Crippen LogP contribution in [0.15, 0.2) is 54.9 Å². The number of nitrogens with zero attached hydrogens (tertiary/aromatic N) is 3. The van der Waals surface area contributed by atoms with Crippen LogP contribution in [0.3, 0.4) is 0 Å². The van der Waals surface area contributed by atoms with Crippen LogP contribution >= 0.6 is 0 Å². The summed E-state index contributed by atoms with van der Waals surface area (Å²) in [6.07, 6.45) is -3.25. The van der Waals surface area contributed by atoms with Crippen molar-refractivity contribution >= 4 is 11.6 Å². The van der Waals surface area contributed by atoms with Crippen LogP contribution in [0.2, 0.25) is 0 Å². The fourth-order valence-electron chi connectivity index (χ4n) is 2.13. The molecule has 0 aliphatic carbocycles. The van der Waals surface area contributed by atoms with Crippen molar-refractivity contribution in [2.45, 2.75) is 13.1 Å². The van der Waals surface area contributed by atoms with E-state index >= 15 is 0 Å². The molecule has 0 aliphatic rings. The highest BCUT2D eigenvalue weighted by atomic mass is 19.4. The first kappa shape index (κ1) is 18.3. The third kappa shape index (κ3) is 4.78. The molecule has 0 bridgehead atoms. The molecule has 9 heteroatoms. The molecule has 0 saturated carbocycles. The SMILES string of the molecule is Cc1cc(C(=O)Nc2ccc(Oc3cccc(C(F)(F)F)n3)cc2)ncn1. The molecular weight excluding hydrogens is 361 g/mol. The molecule has 0 fully saturated rings. The lowest BCUT2D eigenvalue weighted by Gasteiger charge is -2.09. The summed E-state index contributed by atoms with van der Waals surface area (Å²) in [5.41, 5.74) is 0.313. The van der Waals surface area contributed by atoms with Crippen LogP contribution in [-0.4, -0.2) is 20.9 Å². The second-order valence-electron chi connectivity index (χ2n) is 5.48. The van der Waals surface area contributed by atoms with E-state index in [4.69, 9.17) is 4.74 Å². The highest BCUT2D eigenvalue weighted by Gasteiger charge is 2.32. The van der Waals surface area contributed by atoms with Gasteiger partial charge >= 0.3 is 6.18 Å². The smallest absolute Gasteiger partial charge is 0.433 e. The summed E-state index contributed by atoms with van der Waals surface area (Å²) in [5.74, 6) is -0.315. The minimum absolute atomic E-state index is 0.182. The average Bonchev–Trinajstić information content (AvgIpc) is 2.63. The summed E-state index contributed by atoms with van der Waals surface area (Å²) in [4.78, 5) is 23.4. The van der Waals surface area contributed by atoms with Crippen molar-refractivity contribution in [2.75, 3.05) is 5.32 Å². The van der Waals surface area contributed by atoms with Gasteiger partial charge in [-0.05, 0) is 43.3 Å². The Morgan fingerprint density at radius 2 is 1.81 bits per heavy atom. The number of amides is 1. The number of carbonyl (C=O) groups excluding carboxylic acids is 1. The van der Waals surface area contributed by atoms with Crippen molar-refractivity contribution in [3.8, 4) is 11.6 Å². The van der Waals surface area contributed by atoms with Gasteiger partial charge in [-0.1, -0.05) is 6.07 Å². The fraction of sp³-hybridized carbons (Fsp3) is 0.111. The van der Waals surface area contributed by atoms with Gasteiger partial charge < -0.3 is 10.1 Å². The van der Waals surface area contributed by atoms with E-state index in [0.717, 1.165) is 6.07 Å². The Labute approximate surface area is 152 Å². The molecule has 0 spiro atoms. The highest BCUT2D eigenvalue weighted by Crippen LogP contribution is 2.30. The molecule has 138 valence electrons. The molecule has 1 amide bonds. The van der Waals surface area contributed by atoms with Gasteiger partial charge in [-0.15, -0.1) is 0 Å². The van der Waals surface area contributed by atoms with Gasteiger partial charge in [-0.3, -0.25) is 4.79 Å². The maximum Gasteiger partial charge on any atom is 0.433 e. The number of halogens is 3. The number of aryl methyl sites for hydroxylation is 1. The van der Waals surface area contributed by atoms with Crippen LogP contribution in [0.25, 0.3) is 0 Å². The van der Waals surface area contributed by atoms with E-state index in [0.29, 0.717) is 11.4 Å². The second-order valence-corrected chi connectivity index (χ2v) is 5.48. The highest BCUT2D eigenvalue weighted by molar-refractivity contribution is 6.02. The van der Waals surface area contributed by atoms with E-state index in [-0.39, 0.29) is 17.3 Å². The van der Waals surface area contributed by atoms with Gasteiger partial charge in [0.1, 0.15) is 23.5 Å². The van der Waals surface area contributed by atoms with Crippen LogP contribution in [0.4, 0.5) is 18.9 Å². The molecule has 0 unspecified atom stereocenters. The zero-order valence-electron chi connectivity index (χ0n) is 14.0. The second kappa shape index (κ2) is 7.40.